The SMILES string of the molecule is COc1cc(C#Cc2ccc(CN3CCOCC3)cc2)cc(O)c1NC(=O)c1ccncn1. The molecule has 1 aliphatic rings. The van der Waals surface area contributed by atoms with E-state index in [1.54, 1.807) is 6.07 Å². The monoisotopic (exact) mass is 444 g/mol. The molecule has 1 saturated heterocycles. The summed E-state index contributed by atoms with van der Waals surface area (Å²) in [6.45, 7) is 4.35. The van der Waals surface area contributed by atoms with Gasteiger partial charge >= 0.3 is 0 Å². The number of anilines is 1. The Morgan fingerprint density at radius 2 is 1.91 bits per heavy atom. The number of nitrogens with zero attached hydrogens (tertiary/aromatic N) is 3. The van der Waals surface area contributed by atoms with Crippen molar-refractivity contribution >= 4 is 11.6 Å². The Kier molecular flexibility index (Phi) is 7.15. The first-order valence-corrected chi connectivity index (χ1v) is 10.5. The van der Waals surface area contributed by atoms with Gasteiger partial charge < -0.3 is 19.9 Å². The number of phenolic OH excluding ortho intramolecular Hbond substituents is 1. The number of hydrogen-bond acceptors (Lipinski definition) is 7. The minimum atomic E-state index is -0.484. The number of phenols is 1. The van der Waals surface area contributed by atoms with Crippen molar-refractivity contribution in [1.82, 2.24) is 14.9 Å². The van der Waals surface area contributed by atoms with Crippen LogP contribution in [0.1, 0.15) is 27.2 Å². The molecule has 8 heteroatoms. The molecule has 0 spiro atoms. The maximum Gasteiger partial charge on any atom is 0.274 e. The highest BCUT2D eigenvalue weighted by atomic mass is 16.5. The molecule has 1 aromatic heterocycles. The number of methoxy groups -OCH3 is 1. The summed E-state index contributed by atoms with van der Waals surface area (Å²) in [6.07, 6.45) is 2.74. The molecule has 0 aliphatic carbocycles. The molecular weight excluding hydrogens is 420 g/mol. The molecule has 0 atom stereocenters. The third-order valence-corrected chi connectivity index (χ3v) is 5.17. The minimum Gasteiger partial charge on any atom is -0.506 e. The molecule has 4 rings (SSSR count). The number of carbonyl (C=O) groups excluding carboxylic acids is 1. The Bertz CT molecular complexity index is 1160. The van der Waals surface area contributed by atoms with Gasteiger partial charge in [0.2, 0.25) is 0 Å². The molecular formula is C25H24N4O4. The third-order valence-electron chi connectivity index (χ3n) is 5.17. The van der Waals surface area contributed by atoms with Crippen molar-refractivity contribution in [2.75, 3.05) is 38.7 Å². The van der Waals surface area contributed by atoms with Gasteiger partial charge in [0.15, 0.2) is 0 Å². The van der Waals surface area contributed by atoms with Crippen LogP contribution in [0.3, 0.4) is 0 Å². The van der Waals surface area contributed by atoms with Crippen LogP contribution in [0.2, 0.25) is 0 Å². The van der Waals surface area contributed by atoms with Gasteiger partial charge in [-0.3, -0.25) is 9.69 Å². The van der Waals surface area contributed by atoms with E-state index in [4.69, 9.17) is 9.47 Å². The van der Waals surface area contributed by atoms with Gasteiger partial charge in [-0.1, -0.05) is 24.0 Å². The number of morpholine rings is 1. The normalized spacial score (nSPS) is 13.6. The molecule has 0 saturated carbocycles. The number of aromatic nitrogens is 2. The molecule has 0 radical (unpaired) electrons. The van der Waals surface area contributed by atoms with Crippen molar-refractivity contribution in [3.63, 3.8) is 0 Å². The molecule has 1 aliphatic heterocycles. The van der Waals surface area contributed by atoms with E-state index in [2.05, 4.69) is 44.2 Å². The number of carbonyl (C=O) groups is 1. The predicted molar refractivity (Wildman–Crippen MR) is 123 cm³/mol. The Morgan fingerprint density at radius 1 is 1.15 bits per heavy atom. The molecule has 1 amide bonds. The van der Waals surface area contributed by atoms with Crippen LogP contribution in [0.5, 0.6) is 11.5 Å². The second-order valence-corrected chi connectivity index (χ2v) is 7.46. The van der Waals surface area contributed by atoms with Crippen molar-refractivity contribution in [3.8, 4) is 23.3 Å². The van der Waals surface area contributed by atoms with Crippen molar-refractivity contribution in [2.45, 2.75) is 6.54 Å². The summed E-state index contributed by atoms with van der Waals surface area (Å²) in [5.41, 5.74) is 2.97. The summed E-state index contributed by atoms with van der Waals surface area (Å²) in [5.74, 6) is 5.80. The number of aromatic hydroxyl groups is 1. The Labute approximate surface area is 192 Å². The molecule has 0 unspecified atom stereocenters. The average molecular weight is 444 g/mol. The van der Waals surface area contributed by atoms with Gasteiger partial charge in [0.1, 0.15) is 29.2 Å². The van der Waals surface area contributed by atoms with Gasteiger partial charge in [0.25, 0.3) is 5.91 Å². The average Bonchev–Trinajstić information content (AvgIpc) is 2.86. The number of rotatable bonds is 5. The lowest BCUT2D eigenvalue weighted by molar-refractivity contribution is 0.0342. The van der Waals surface area contributed by atoms with Crippen LogP contribution >= 0.6 is 0 Å². The van der Waals surface area contributed by atoms with Gasteiger partial charge in [0, 0.05) is 37.0 Å². The van der Waals surface area contributed by atoms with Crippen LogP contribution in [-0.4, -0.2) is 59.3 Å². The molecule has 0 bridgehead atoms. The van der Waals surface area contributed by atoms with Crippen molar-refractivity contribution in [1.29, 1.82) is 0 Å². The standard InChI is InChI=1S/C25H24N4O4/c1-32-23-15-20(14-22(30)24(23)28-25(31)21-8-9-26-17-27-21)7-4-18-2-5-19(6-3-18)16-29-10-12-33-13-11-29/h2-3,5-6,8-9,14-15,17,30H,10-13,16H2,1H3,(H,28,31). The van der Waals surface area contributed by atoms with Gasteiger partial charge in [0.05, 0.1) is 20.3 Å². The molecule has 2 aromatic carbocycles. The Hall–Kier alpha value is -3.93. The van der Waals surface area contributed by atoms with E-state index < -0.39 is 5.91 Å². The quantitative estimate of drug-likeness (QED) is 0.461. The predicted octanol–water partition coefficient (Wildman–Crippen LogP) is 2.68. The van der Waals surface area contributed by atoms with Gasteiger partial charge in [-0.2, -0.15) is 0 Å². The van der Waals surface area contributed by atoms with Gasteiger partial charge in [-0.25, -0.2) is 9.97 Å². The molecule has 33 heavy (non-hydrogen) atoms. The Balaban J connectivity index is 1.46. The lowest BCUT2D eigenvalue weighted by Gasteiger charge is -2.26. The van der Waals surface area contributed by atoms with Crippen molar-refractivity contribution in [2.24, 2.45) is 0 Å². The number of benzene rings is 2. The van der Waals surface area contributed by atoms with Crippen molar-refractivity contribution in [3.05, 3.63) is 77.4 Å². The summed E-state index contributed by atoms with van der Waals surface area (Å²) in [4.78, 5) is 22.4. The van der Waals surface area contributed by atoms with Crippen LogP contribution < -0.4 is 10.1 Å². The fourth-order valence-electron chi connectivity index (χ4n) is 3.42. The number of ether oxygens (including phenoxy) is 2. The molecule has 2 N–H and O–H groups in total. The van der Waals surface area contributed by atoms with Crippen LogP contribution in [0.15, 0.2) is 55.0 Å². The highest BCUT2D eigenvalue weighted by Crippen LogP contribution is 2.35. The summed E-state index contributed by atoms with van der Waals surface area (Å²) in [5, 5.41) is 13.1. The van der Waals surface area contributed by atoms with Crippen LogP contribution in [0, 0.1) is 11.8 Å². The largest absolute Gasteiger partial charge is 0.506 e. The van der Waals surface area contributed by atoms with E-state index in [-0.39, 0.29) is 17.1 Å². The molecule has 2 heterocycles. The summed E-state index contributed by atoms with van der Waals surface area (Å²) in [7, 11) is 1.46. The van der Waals surface area contributed by atoms with E-state index in [1.807, 2.05) is 12.1 Å². The zero-order chi connectivity index (χ0) is 23.0. The first-order chi connectivity index (χ1) is 16.1. The number of hydrogen-bond donors (Lipinski definition) is 2. The van der Waals surface area contributed by atoms with E-state index in [0.717, 1.165) is 38.4 Å². The van der Waals surface area contributed by atoms with E-state index in [1.165, 1.54) is 37.3 Å². The first-order valence-electron chi connectivity index (χ1n) is 10.5. The first kappa shape index (κ1) is 22.3. The fourth-order valence-corrected chi connectivity index (χ4v) is 3.42. The minimum absolute atomic E-state index is 0.151. The molecule has 1 fully saturated rings. The number of nitrogens with one attached hydrogen (secondary N) is 1. The second kappa shape index (κ2) is 10.6. The van der Waals surface area contributed by atoms with Crippen LogP contribution in [0.4, 0.5) is 5.69 Å². The van der Waals surface area contributed by atoms with Crippen LogP contribution in [-0.2, 0) is 11.3 Å². The van der Waals surface area contributed by atoms with Gasteiger partial charge in [-0.15, -0.1) is 0 Å². The maximum absolute atomic E-state index is 12.4. The summed E-state index contributed by atoms with van der Waals surface area (Å²) >= 11 is 0. The van der Waals surface area contributed by atoms with Crippen LogP contribution in [0.25, 0.3) is 0 Å². The Morgan fingerprint density at radius 3 is 2.61 bits per heavy atom. The lowest BCUT2D eigenvalue weighted by atomic mass is 10.1. The summed E-state index contributed by atoms with van der Waals surface area (Å²) in [6, 6.07) is 12.7. The highest BCUT2D eigenvalue weighted by molar-refractivity contribution is 6.04. The maximum atomic E-state index is 12.4. The second-order valence-electron chi connectivity index (χ2n) is 7.46. The van der Waals surface area contributed by atoms with Gasteiger partial charge in [-0.05, 0) is 35.9 Å². The van der Waals surface area contributed by atoms with E-state index in [9.17, 15) is 9.90 Å². The van der Waals surface area contributed by atoms with E-state index in [0.29, 0.717) is 11.3 Å². The topological polar surface area (TPSA) is 96.8 Å². The smallest absolute Gasteiger partial charge is 0.274 e. The van der Waals surface area contributed by atoms with Crippen molar-refractivity contribution < 1.29 is 19.4 Å². The zero-order valence-electron chi connectivity index (χ0n) is 18.2. The summed E-state index contributed by atoms with van der Waals surface area (Å²) < 4.78 is 10.7. The zero-order valence-corrected chi connectivity index (χ0v) is 18.2. The highest BCUT2D eigenvalue weighted by Gasteiger charge is 2.16. The molecule has 8 nitrogen and oxygen atoms in total. The third kappa shape index (κ3) is 5.86. The fraction of sp³-hybridized carbons (Fsp3) is 0.240. The number of amides is 1. The molecule has 168 valence electrons. The van der Waals surface area contributed by atoms with E-state index >= 15 is 0 Å². The molecule has 3 aromatic rings. The lowest BCUT2D eigenvalue weighted by Crippen LogP contribution is -2.35.